The molecule has 1 atom stereocenters. The minimum absolute atomic E-state index is 0. The molecule has 1 aliphatic heterocycles. The van der Waals surface area contributed by atoms with E-state index in [0.29, 0.717) is 17.5 Å². The maximum absolute atomic E-state index is 12.8. The molecule has 3 N–H and O–H groups in total. The lowest BCUT2D eigenvalue weighted by atomic mass is 9.95. The van der Waals surface area contributed by atoms with Gasteiger partial charge in [-0.25, -0.2) is 13.1 Å². The van der Waals surface area contributed by atoms with Gasteiger partial charge in [-0.05, 0) is 81.8 Å². The van der Waals surface area contributed by atoms with Crippen LogP contribution in [0.4, 0.5) is 0 Å². The van der Waals surface area contributed by atoms with E-state index in [4.69, 9.17) is 0 Å². The van der Waals surface area contributed by atoms with Crippen LogP contribution in [0, 0.1) is 34.6 Å². The van der Waals surface area contributed by atoms with E-state index in [1.165, 1.54) is 0 Å². The van der Waals surface area contributed by atoms with Crippen molar-refractivity contribution < 1.29 is 13.2 Å². The van der Waals surface area contributed by atoms with E-state index in [2.05, 4.69) is 15.4 Å². The fraction of sp³-hybridized carbons (Fsp3) is 0.632. The van der Waals surface area contributed by atoms with E-state index in [0.717, 1.165) is 47.2 Å². The predicted octanol–water partition coefficient (Wildman–Crippen LogP) is 2.19. The molecule has 0 saturated carbocycles. The summed E-state index contributed by atoms with van der Waals surface area (Å²) in [4.78, 5) is 12.3. The lowest BCUT2D eigenvalue weighted by molar-refractivity contribution is -0.121. The summed E-state index contributed by atoms with van der Waals surface area (Å²) in [7, 11) is -3.65. The third-order valence-corrected chi connectivity index (χ3v) is 7.29. The molecule has 1 amide bonds. The molecule has 0 aliphatic carbocycles. The summed E-state index contributed by atoms with van der Waals surface area (Å²) in [6.45, 7) is 11.3. The van der Waals surface area contributed by atoms with Crippen molar-refractivity contribution in [1.82, 2.24) is 15.4 Å². The maximum atomic E-state index is 12.8. The van der Waals surface area contributed by atoms with E-state index in [1.54, 1.807) is 0 Å². The van der Waals surface area contributed by atoms with Crippen LogP contribution in [-0.4, -0.2) is 40.0 Å². The topological polar surface area (TPSA) is 87.3 Å². The van der Waals surface area contributed by atoms with Gasteiger partial charge in [-0.2, -0.15) is 0 Å². The average Bonchev–Trinajstić information content (AvgIpc) is 3.09. The highest BCUT2D eigenvalue weighted by Crippen LogP contribution is 2.29. The number of amides is 1. The third kappa shape index (κ3) is 5.67. The number of carbonyl (C=O) groups is 1. The number of nitrogens with one attached hydrogen (secondary N) is 3. The lowest BCUT2D eigenvalue weighted by Crippen LogP contribution is -2.38. The van der Waals surface area contributed by atoms with Gasteiger partial charge >= 0.3 is 0 Å². The lowest BCUT2D eigenvalue weighted by Gasteiger charge is -2.19. The first-order chi connectivity index (χ1) is 12.1. The first kappa shape index (κ1) is 23.9. The molecule has 1 heterocycles. The van der Waals surface area contributed by atoms with E-state index in [-0.39, 0.29) is 31.3 Å². The standard InChI is InChI=1S/C19H31N3O3S.ClH/c1-12-13(2)15(4)19(16(5)14(12)3)26(24,25)22-10-8-18(23)21-11-17-7-6-9-20-17;/h17,20,22H,6-11H2,1-5H3,(H,21,23);1H. The third-order valence-electron chi connectivity index (χ3n) is 5.55. The summed E-state index contributed by atoms with van der Waals surface area (Å²) in [6, 6.07) is 0.333. The van der Waals surface area contributed by atoms with E-state index < -0.39 is 10.0 Å². The molecule has 1 fully saturated rings. The van der Waals surface area contributed by atoms with Crippen LogP contribution in [0.1, 0.15) is 47.1 Å². The molecule has 0 radical (unpaired) electrons. The van der Waals surface area contributed by atoms with Crippen molar-refractivity contribution in [2.24, 2.45) is 0 Å². The molecule has 2 rings (SSSR count). The van der Waals surface area contributed by atoms with Crippen molar-refractivity contribution in [3.8, 4) is 0 Å². The van der Waals surface area contributed by atoms with Crippen molar-refractivity contribution in [3.63, 3.8) is 0 Å². The Hall–Kier alpha value is -1.15. The van der Waals surface area contributed by atoms with Crippen molar-refractivity contribution in [2.45, 2.75) is 64.8 Å². The van der Waals surface area contributed by atoms with Gasteiger partial charge in [0.1, 0.15) is 0 Å². The van der Waals surface area contributed by atoms with Gasteiger partial charge in [0.05, 0.1) is 4.90 Å². The zero-order valence-electron chi connectivity index (χ0n) is 16.9. The maximum Gasteiger partial charge on any atom is 0.241 e. The van der Waals surface area contributed by atoms with E-state index in [9.17, 15) is 13.2 Å². The highest BCUT2D eigenvalue weighted by molar-refractivity contribution is 7.89. The number of carbonyl (C=O) groups excluding carboxylic acids is 1. The van der Waals surface area contributed by atoms with Gasteiger partial charge in [-0.3, -0.25) is 4.79 Å². The second-order valence-corrected chi connectivity index (χ2v) is 8.90. The Kier molecular flexibility index (Phi) is 8.73. The summed E-state index contributed by atoms with van der Waals surface area (Å²) in [5.41, 5.74) is 4.66. The molecular weight excluding hydrogens is 386 g/mol. The highest BCUT2D eigenvalue weighted by atomic mass is 35.5. The van der Waals surface area contributed by atoms with Gasteiger partial charge in [-0.1, -0.05) is 0 Å². The summed E-state index contributed by atoms with van der Waals surface area (Å²) in [5, 5.41) is 6.18. The van der Waals surface area contributed by atoms with Gasteiger partial charge in [0.2, 0.25) is 15.9 Å². The zero-order chi connectivity index (χ0) is 19.5. The molecule has 6 nitrogen and oxygen atoms in total. The Morgan fingerprint density at radius 1 is 1.04 bits per heavy atom. The van der Waals surface area contributed by atoms with Crippen LogP contribution in [0.25, 0.3) is 0 Å². The monoisotopic (exact) mass is 417 g/mol. The number of rotatable bonds is 7. The summed E-state index contributed by atoms with van der Waals surface area (Å²) < 4.78 is 28.2. The van der Waals surface area contributed by atoms with Crippen molar-refractivity contribution in [2.75, 3.05) is 19.6 Å². The van der Waals surface area contributed by atoms with E-state index in [1.807, 2.05) is 34.6 Å². The molecule has 8 heteroatoms. The minimum Gasteiger partial charge on any atom is -0.354 e. The number of hydrogen-bond donors (Lipinski definition) is 3. The SMILES string of the molecule is Cc1c(C)c(C)c(S(=O)(=O)NCCC(=O)NCC2CCCN2)c(C)c1C.Cl. The molecule has 1 aliphatic rings. The normalized spacial score (nSPS) is 16.9. The van der Waals surface area contributed by atoms with Crippen LogP contribution < -0.4 is 15.4 Å². The second-order valence-electron chi connectivity index (χ2n) is 7.20. The largest absolute Gasteiger partial charge is 0.354 e. The highest BCUT2D eigenvalue weighted by Gasteiger charge is 2.23. The van der Waals surface area contributed by atoms with Crippen molar-refractivity contribution in [1.29, 1.82) is 0 Å². The molecule has 0 spiro atoms. The Bertz CT molecular complexity index is 759. The Balaban J connectivity index is 0.00000364. The Morgan fingerprint density at radius 2 is 1.59 bits per heavy atom. The van der Waals surface area contributed by atoms with Crippen LogP contribution in [0.3, 0.4) is 0 Å². The fourth-order valence-electron chi connectivity index (χ4n) is 3.50. The van der Waals surface area contributed by atoms with E-state index >= 15 is 0 Å². The van der Waals surface area contributed by atoms with Crippen molar-refractivity contribution in [3.05, 3.63) is 27.8 Å². The number of halogens is 1. The van der Waals surface area contributed by atoms with Gasteiger partial charge in [-0.15, -0.1) is 12.4 Å². The molecular formula is C19H32ClN3O3S. The number of hydrogen-bond acceptors (Lipinski definition) is 4. The smallest absolute Gasteiger partial charge is 0.241 e. The fourth-order valence-corrected chi connectivity index (χ4v) is 5.12. The quantitative estimate of drug-likeness (QED) is 0.634. The molecule has 154 valence electrons. The Labute approximate surface area is 169 Å². The van der Waals surface area contributed by atoms with Gasteiger partial charge in [0.15, 0.2) is 0 Å². The molecule has 1 aromatic carbocycles. The molecule has 1 aromatic rings. The molecule has 27 heavy (non-hydrogen) atoms. The Morgan fingerprint density at radius 3 is 2.11 bits per heavy atom. The number of sulfonamides is 1. The molecule has 0 aromatic heterocycles. The minimum atomic E-state index is -3.65. The summed E-state index contributed by atoms with van der Waals surface area (Å²) >= 11 is 0. The molecule has 1 unspecified atom stereocenters. The van der Waals surface area contributed by atoms with Crippen LogP contribution in [0.2, 0.25) is 0 Å². The summed E-state index contributed by atoms with van der Waals surface area (Å²) in [5.74, 6) is -0.133. The zero-order valence-corrected chi connectivity index (χ0v) is 18.5. The van der Waals surface area contributed by atoms with Gasteiger partial charge in [0.25, 0.3) is 0 Å². The van der Waals surface area contributed by atoms with Crippen LogP contribution in [0.15, 0.2) is 4.90 Å². The molecule has 1 saturated heterocycles. The second kappa shape index (κ2) is 9.87. The van der Waals surface area contributed by atoms with Gasteiger partial charge in [0, 0.05) is 25.6 Å². The molecule has 0 bridgehead atoms. The van der Waals surface area contributed by atoms with Crippen LogP contribution >= 0.6 is 12.4 Å². The van der Waals surface area contributed by atoms with Crippen LogP contribution in [0.5, 0.6) is 0 Å². The first-order valence-electron chi connectivity index (χ1n) is 9.22. The van der Waals surface area contributed by atoms with Crippen LogP contribution in [-0.2, 0) is 14.8 Å². The summed E-state index contributed by atoms with van der Waals surface area (Å²) in [6.07, 6.45) is 2.33. The average molecular weight is 418 g/mol. The number of benzene rings is 1. The van der Waals surface area contributed by atoms with Gasteiger partial charge < -0.3 is 10.6 Å². The van der Waals surface area contributed by atoms with Crippen molar-refractivity contribution >= 4 is 28.3 Å². The first-order valence-corrected chi connectivity index (χ1v) is 10.7. The predicted molar refractivity (Wildman–Crippen MR) is 111 cm³/mol.